The van der Waals surface area contributed by atoms with Crippen LogP contribution in [-0.4, -0.2) is 31.0 Å². The molecule has 2 aromatic rings. The molecular weight excluding hydrogens is 391 g/mol. The van der Waals surface area contributed by atoms with Crippen LogP contribution in [0.25, 0.3) is 0 Å². The van der Waals surface area contributed by atoms with Gasteiger partial charge in [0.1, 0.15) is 5.75 Å². The molecular formula is C17H15F5N2O2S. The number of ether oxygens (including phenoxy) is 1. The van der Waals surface area contributed by atoms with E-state index in [1.807, 2.05) is 0 Å². The predicted octanol–water partition coefficient (Wildman–Crippen LogP) is 4.99. The van der Waals surface area contributed by atoms with E-state index in [0.29, 0.717) is 28.0 Å². The number of carbonyl (C=O) groups excluding carboxylic acids is 1. The Balaban J connectivity index is 1.88. The van der Waals surface area contributed by atoms with Gasteiger partial charge in [-0.25, -0.2) is 0 Å². The lowest BCUT2D eigenvalue weighted by Gasteiger charge is -2.13. The standard InChI is InChI=1S/C17H15F5N2O2S/c18-16(19)26-12-7-5-11(6-8-12)24-15(25)9-23-13-3-1-2-4-14(13)27-10-17(20,21)22/h1-8,16,23H,9-10H2,(H,24,25). The number of anilines is 2. The Morgan fingerprint density at radius 2 is 1.74 bits per heavy atom. The summed E-state index contributed by atoms with van der Waals surface area (Å²) in [5.74, 6) is -1.53. The van der Waals surface area contributed by atoms with Crippen LogP contribution in [0.4, 0.5) is 33.3 Å². The van der Waals surface area contributed by atoms with Crippen molar-refractivity contribution in [1.82, 2.24) is 0 Å². The fourth-order valence-corrected chi connectivity index (χ4v) is 2.79. The first-order chi connectivity index (χ1) is 12.7. The third-order valence-electron chi connectivity index (χ3n) is 3.08. The Bertz CT molecular complexity index is 754. The lowest BCUT2D eigenvalue weighted by molar-refractivity contribution is -0.114. The van der Waals surface area contributed by atoms with Gasteiger partial charge in [-0.3, -0.25) is 4.79 Å². The number of hydrogen-bond donors (Lipinski definition) is 2. The second-order valence-electron chi connectivity index (χ2n) is 5.20. The van der Waals surface area contributed by atoms with Crippen molar-refractivity contribution < 1.29 is 31.5 Å². The largest absolute Gasteiger partial charge is 0.435 e. The maximum Gasteiger partial charge on any atom is 0.398 e. The van der Waals surface area contributed by atoms with Crippen molar-refractivity contribution in [2.45, 2.75) is 17.7 Å². The topological polar surface area (TPSA) is 50.4 Å². The normalized spacial score (nSPS) is 11.3. The zero-order chi connectivity index (χ0) is 19.9. The molecule has 0 aliphatic rings. The van der Waals surface area contributed by atoms with Gasteiger partial charge in [-0.05, 0) is 36.4 Å². The van der Waals surface area contributed by atoms with Crippen LogP contribution >= 0.6 is 11.8 Å². The van der Waals surface area contributed by atoms with Crippen molar-refractivity contribution in [1.29, 1.82) is 0 Å². The monoisotopic (exact) mass is 406 g/mol. The minimum atomic E-state index is -4.30. The molecule has 27 heavy (non-hydrogen) atoms. The third kappa shape index (κ3) is 7.73. The number of nitrogens with one attached hydrogen (secondary N) is 2. The molecule has 0 heterocycles. The van der Waals surface area contributed by atoms with E-state index in [0.717, 1.165) is 0 Å². The fourth-order valence-electron chi connectivity index (χ4n) is 2.00. The summed E-state index contributed by atoms with van der Waals surface area (Å²) < 4.78 is 65.5. The van der Waals surface area contributed by atoms with E-state index in [1.165, 1.54) is 30.3 Å². The highest BCUT2D eigenvalue weighted by Crippen LogP contribution is 2.32. The quantitative estimate of drug-likeness (QED) is 0.479. The highest BCUT2D eigenvalue weighted by Gasteiger charge is 2.27. The SMILES string of the molecule is O=C(CNc1ccccc1SCC(F)(F)F)Nc1ccc(OC(F)F)cc1. The molecule has 0 aliphatic heterocycles. The van der Waals surface area contributed by atoms with Gasteiger partial charge in [0.05, 0.1) is 12.3 Å². The van der Waals surface area contributed by atoms with Gasteiger partial charge < -0.3 is 15.4 Å². The highest BCUT2D eigenvalue weighted by atomic mass is 32.2. The van der Waals surface area contributed by atoms with Gasteiger partial charge in [0.2, 0.25) is 5.91 Å². The number of amides is 1. The Labute approximate surface area is 156 Å². The summed E-state index contributed by atoms with van der Waals surface area (Å²) >= 11 is 0.622. The summed E-state index contributed by atoms with van der Waals surface area (Å²) in [6, 6.07) is 11.7. The lowest BCUT2D eigenvalue weighted by Crippen LogP contribution is -2.22. The molecule has 2 aromatic carbocycles. The maximum absolute atomic E-state index is 12.4. The van der Waals surface area contributed by atoms with Crippen LogP contribution in [0.1, 0.15) is 0 Å². The number of rotatable bonds is 8. The number of para-hydroxylation sites is 1. The molecule has 0 saturated heterocycles. The predicted molar refractivity (Wildman–Crippen MR) is 93.4 cm³/mol. The molecule has 4 nitrogen and oxygen atoms in total. The second-order valence-corrected chi connectivity index (χ2v) is 6.22. The number of alkyl halides is 5. The van der Waals surface area contributed by atoms with Crippen LogP contribution in [0.3, 0.4) is 0 Å². The van der Waals surface area contributed by atoms with E-state index in [-0.39, 0.29) is 12.3 Å². The van der Waals surface area contributed by atoms with Crippen molar-refractivity contribution >= 4 is 29.0 Å². The van der Waals surface area contributed by atoms with Crippen LogP contribution in [-0.2, 0) is 4.79 Å². The van der Waals surface area contributed by atoms with E-state index >= 15 is 0 Å². The van der Waals surface area contributed by atoms with Crippen molar-refractivity contribution in [2.75, 3.05) is 22.9 Å². The minimum absolute atomic E-state index is 0.0447. The number of carbonyl (C=O) groups is 1. The molecule has 10 heteroatoms. The van der Waals surface area contributed by atoms with Crippen molar-refractivity contribution in [3.8, 4) is 5.75 Å². The first-order valence-electron chi connectivity index (χ1n) is 7.60. The van der Waals surface area contributed by atoms with Gasteiger partial charge in [-0.2, -0.15) is 22.0 Å². The smallest absolute Gasteiger partial charge is 0.398 e. The minimum Gasteiger partial charge on any atom is -0.435 e. The maximum atomic E-state index is 12.4. The van der Waals surface area contributed by atoms with E-state index in [2.05, 4.69) is 15.4 Å². The molecule has 1 amide bonds. The van der Waals surface area contributed by atoms with Gasteiger partial charge in [0, 0.05) is 16.3 Å². The number of benzene rings is 2. The van der Waals surface area contributed by atoms with Gasteiger partial charge in [-0.1, -0.05) is 12.1 Å². The highest BCUT2D eigenvalue weighted by molar-refractivity contribution is 7.99. The van der Waals surface area contributed by atoms with Crippen molar-refractivity contribution in [3.63, 3.8) is 0 Å². The molecule has 0 unspecified atom stereocenters. The molecule has 2 rings (SSSR count). The molecule has 0 fully saturated rings. The van der Waals surface area contributed by atoms with Crippen LogP contribution in [0.5, 0.6) is 5.75 Å². The number of hydrogen-bond acceptors (Lipinski definition) is 4. The first kappa shape index (κ1) is 20.8. The second kappa shape index (κ2) is 9.45. The Morgan fingerprint density at radius 3 is 2.37 bits per heavy atom. The van der Waals surface area contributed by atoms with Gasteiger partial charge in [0.25, 0.3) is 0 Å². The zero-order valence-corrected chi connectivity index (χ0v) is 14.5. The van der Waals surface area contributed by atoms with Gasteiger partial charge >= 0.3 is 12.8 Å². The van der Waals surface area contributed by atoms with E-state index in [1.54, 1.807) is 18.2 Å². The molecule has 0 radical (unpaired) electrons. The average Bonchev–Trinajstić information content (AvgIpc) is 2.59. The number of halogens is 5. The summed E-state index contributed by atoms with van der Waals surface area (Å²) in [6.45, 7) is -3.12. The van der Waals surface area contributed by atoms with Crippen LogP contribution in [0, 0.1) is 0 Å². The molecule has 0 spiro atoms. The molecule has 0 aliphatic carbocycles. The molecule has 2 N–H and O–H groups in total. The molecule has 146 valence electrons. The van der Waals surface area contributed by atoms with Crippen LogP contribution in [0.2, 0.25) is 0 Å². The van der Waals surface area contributed by atoms with Gasteiger partial charge in [-0.15, -0.1) is 11.8 Å². The van der Waals surface area contributed by atoms with Crippen LogP contribution in [0.15, 0.2) is 53.4 Å². The summed E-state index contributed by atoms with van der Waals surface area (Å²) in [6.07, 6.45) is -4.30. The fraction of sp³-hybridized carbons (Fsp3) is 0.235. The molecule has 0 aromatic heterocycles. The van der Waals surface area contributed by atoms with Crippen LogP contribution < -0.4 is 15.4 Å². The molecule has 0 bridgehead atoms. The van der Waals surface area contributed by atoms with E-state index < -0.39 is 24.4 Å². The average molecular weight is 406 g/mol. The Morgan fingerprint density at radius 1 is 1.07 bits per heavy atom. The lowest BCUT2D eigenvalue weighted by atomic mass is 10.3. The third-order valence-corrected chi connectivity index (χ3v) is 4.22. The molecule has 0 saturated carbocycles. The zero-order valence-electron chi connectivity index (χ0n) is 13.7. The summed E-state index contributed by atoms with van der Waals surface area (Å²) in [5.41, 5.74) is 0.769. The van der Waals surface area contributed by atoms with E-state index in [4.69, 9.17) is 0 Å². The Hall–Kier alpha value is -2.49. The number of thioether (sulfide) groups is 1. The van der Waals surface area contributed by atoms with Crippen molar-refractivity contribution in [3.05, 3.63) is 48.5 Å². The molecule has 0 atom stereocenters. The van der Waals surface area contributed by atoms with Gasteiger partial charge in [0.15, 0.2) is 0 Å². The first-order valence-corrected chi connectivity index (χ1v) is 8.59. The van der Waals surface area contributed by atoms with E-state index in [9.17, 15) is 26.7 Å². The summed E-state index contributed by atoms with van der Waals surface area (Å²) in [5, 5.41) is 5.32. The Kier molecular flexibility index (Phi) is 7.28. The summed E-state index contributed by atoms with van der Waals surface area (Å²) in [7, 11) is 0. The summed E-state index contributed by atoms with van der Waals surface area (Å²) in [4.78, 5) is 12.3. The van der Waals surface area contributed by atoms with Crippen molar-refractivity contribution in [2.24, 2.45) is 0 Å².